The first kappa shape index (κ1) is 38.7. The average Bonchev–Trinajstić information content (AvgIpc) is 3.15. The van der Waals surface area contributed by atoms with E-state index in [0.29, 0.717) is 67.0 Å². The molecule has 8 nitrogen and oxygen atoms in total. The van der Waals surface area contributed by atoms with Gasteiger partial charge in [-0.2, -0.15) is 13.2 Å². The Balaban J connectivity index is 1.25. The second-order valence-corrected chi connectivity index (χ2v) is 14.8. The molecule has 2 saturated heterocycles. The normalized spacial score (nSPS) is 17.0. The monoisotopic (exact) mass is 758 g/mol. The largest absolute Gasteiger partial charge is 0.416 e. The summed E-state index contributed by atoms with van der Waals surface area (Å²) in [6.45, 7) is 3.50. The highest BCUT2D eigenvalue weighted by atomic mass is 32.2. The summed E-state index contributed by atoms with van der Waals surface area (Å²) in [6, 6.07) is 17.1. The van der Waals surface area contributed by atoms with Gasteiger partial charge in [0.15, 0.2) is 17.1 Å². The summed E-state index contributed by atoms with van der Waals surface area (Å²) in [6.07, 6.45) is -2.49. The SMILES string of the molecule is COCCN1CCC(N(CC2(O)CCN(c3ccc(C(F)(F)F)cc3)CC2)C(=O)Cn2c(SCc3cccc(F)c3F)cc(=O)c3ccccc32)CC1. The van der Waals surface area contributed by atoms with E-state index < -0.39 is 29.0 Å². The number of carbonyl (C=O) groups is 1. The summed E-state index contributed by atoms with van der Waals surface area (Å²) in [5, 5.41) is 12.8. The van der Waals surface area contributed by atoms with Crippen LogP contribution in [0.3, 0.4) is 0 Å². The Morgan fingerprint density at radius 1 is 0.981 bits per heavy atom. The number of rotatable bonds is 12. The van der Waals surface area contributed by atoms with Crippen LogP contribution in [0.15, 0.2) is 82.6 Å². The van der Waals surface area contributed by atoms with Crippen molar-refractivity contribution >= 4 is 34.3 Å². The maximum Gasteiger partial charge on any atom is 0.416 e. The lowest BCUT2D eigenvalue weighted by molar-refractivity contribution is -0.141. The molecule has 2 fully saturated rings. The van der Waals surface area contributed by atoms with Gasteiger partial charge in [0, 0.05) is 80.9 Å². The fraction of sp³-hybridized carbons (Fsp3) is 0.436. The van der Waals surface area contributed by atoms with Gasteiger partial charge in [0.05, 0.1) is 28.3 Å². The van der Waals surface area contributed by atoms with Crippen LogP contribution in [0, 0.1) is 11.6 Å². The summed E-state index contributed by atoms with van der Waals surface area (Å²) < 4.78 is 75.0. The minimum atomic E-state index is -4.43. The Hall–Kier alpha value is -3.98. The molecule has 2 aliphatic heterocycles. The fourth-order valence-electron chi connectivity index (χ4n) is 7.24. The molecule has 4 aromatic rings. The number of pyridine rings is 1. The Morgan fingerprint density at radius 2 is 1.68 bits per heavy atom. The van der Waals surface area contributed by atoms with E-state index in [1.54, 1.807) is 40.8 Å². The summed E-state index contributed by atoms with van der Waals surface area (Å²) in [4.78, 5) is 33.8. The Bertz CT molecular complexity index is 1940. The number of amides is 1. The van der Waals surface area contributed by atoms with Crippen LogP contribution in [0.1, 0.15) is 36.8 Å². The molecule has 0 bridgehead atoms. The number of benzene rings is 3. The van der Waals surface area contributed by atoms with Gasteiger partial charge in [-0.1, -0.05) is 24.3 Å². The summed E-state index contributed by atoms with van der Waals surface area (Å²) >= 11 is 1.13. The molecular weight excluding hydrogens is 716 g/mol. The third-order valence-corrected chi connectivity index (χ3v) is 11.4. The predicted octanol–water partition coefficient (Wildman–Crippen LogP) is 6.56. The first-order chi connectivity index (χ1) is 25.3. The lowest BCUT2D eigenvalue weighted by Gasteiger charge is -2.45. The van der Waals surface area contributed by atoms with E-state index in [0.717, 1.165) is 49.6 Å². The lowest BCUT2D eigenvalue weighted by atomic mass is 9.89. The number of para-hydroxylation sites is 1. The number of likely N-dealkylation sites (tertiary alicyclic amines) is 1. The van der Waals surface area contributed by atoms with Crippen molar-refractivity contribution in [1.82, 2.24) is 14.4 Å². The van der Waals surface area contributed by atoms with E-state index in [1.165, 1.54) is 30.3 Å². The van der Waals surface area contributed by atoms with Crippen LogP contribution >= 0.6 is 11.8 Å². The molecule has 1 N–H and O–H groups in total. The molecule has 284 valence electrons. The molecule has 0 saturated carbocycles. The predicted molar refractivity (Wildman–Crippen MR) is 195 cm³/mol. The smallest absolute Gasteiger partial charge is 0.388 e. The van der Waals surface area contributed by atoms with Crippen molar-refractivity contribution in [3.63, 3.8) is 0 Å². The fourth-order valence-corrected chi connectivity index (χ4v) is 8.27. The number of nitrogens with zero attached hydrogens (tertiary/aromatic N) is 4. The Kier molecular flexibility index (Phi) is 12.1. The number of hydrogen-bond donors (Lipinski definition) is 1. The molecule has 0 atom stereocenters. The minimum absolute atomic E-state index is 0.0222. The van der Waals surface area contributed by atoms with Gasteiger partial charge in [-0.05, 0) is 68.1 Å². The topological polar surface area (TPSA) is 78.2 Å². The van der Waals surface area contributed by atoms with Crippen LogP contribution in [0.5, 0.6) is 0 Å². The number of methoxy groups -OCH3 is 1. The van der Waals surface area contributed by atoms with Gasteiger partial charge in [-0.15, -0.1) is 11.8 Å². The number of ether oxygens (including phenoxy) is 1. The number of hydrogen-bond acceptors (Lipinski definition) is 7. The molecule has 0 aliphatic carbocycles. The zero-order valence-electron chi connectivity index (χ0n) is 29.5. The Morgan fingerprint density at radius 3 is 2.36 bits per heavy atom. The van der Waals surface area contributed by atoms with Gasteiger partial charge in [-0.3, -0.25) is 9.59 Å². The second kappa shape index (κ2) is 16.6. The van der Waals surface area contributed by atoms with Gasteiger partial charge in [-0.25, -0.2) is 8.78 Å². The van der Waals surface area contributed by atoms with Crippen LogP contribution in [-0.4, -0.2) is 90.0 Å². The van der Waals surface area contributed by atoms with Crippen LogP contribution in [0.25, 0.3) is 10.9 Å². The first-order valence-corrected chi connectivity index (χ1v) is 18.7. The molecule has 6 rings (SSSR count). The van der Waals surface area contributed by atoms with Crippen molar-refractivity contribution in [1.29, 1.82) is 0 Å². The van der Waals surface area contributed by atoms with E-state index >= 15 is 0 Å². The van der Waals surface area contributed by atoms with E-state index in [1.807, 2.05) is 4.90 Å². The molecule has 53 heavy (non-hydrogen) atoms. The average molecular weight is 759 g/mol. The number of piperidine rings is 2. The van der Waals surface area contributed by atoms with Gasteiger partial charge in [0.2, 0.25) is 5.91 Å². The first-order valence-electron chi connectivity index (χ1n) is 17.7. The molecule has 1 amide bonds. The molecule has 0 spiro atoms. The van der Waals surface area contributed by atoms with Gasteiger partial charge >= 0.3 is 6.18 Å². The number of aromatic nitrogens is 1. The maximum atomic E-state index is 14.6. The highest BCUT2D eigenvalue weighted by Gasteiger charge is 2.39. The van der Waals surface area contributed by atoms with Crippen molar-refractivity contribution < 1.29 is 36.6 Å². The number of halogens is 5. The molecular formula is C39H43F5N4O4S. The number of alkyl halides is 3. The zero-order valence-corrected chi connectivity index (χ0v) is 30.3. The second-order valence-electron chi connectivity index (χ2n) is 13.8. The van der Waals surface area contributed by atoms with Crippen LogP contribution in [0.2, 0.25) is 0 Å². The van der Waals surface area contributed by atoms with Gasteiger partial charge < -0.3 is 29.1 Å². The third kappa shape index (κ3) is 9.22. The number of fused-ring (bicyclic) bond motifs is 1. The standard InChI is InChI=1S/C39H43F5N4O4S/c1-52-22-21-45-17-13-30(14-18-45)48(26-38(51)15-19-46(20-16-38)29-11-9-28(10-12-29)39(42,43)44)35(50)24-47-33-8-3-2-6-31(33)34(49)23-36(47)53-25-27-5-4-7-32(40)37(27)41/h2-12,23,30,51H,13-22,24-26H2,1H3. The molecule has 1 aromatic heterocycles. The van der Waals surface area contributed by atoms with Crippen LogP contribution in [0.4, 0.5) is 27.6 Å². The van der Waals surface area contributed by atoms with Crippen LogP contribution < -0.4 is 10.3 Å². The van der Waals surface area contributed by atoms with Gasteiger partial charge in [0.1, 0.15) is 6.54 Å². The summed E-state index contributed by atoms with van der Waals surface area (Å²) in [5.74, 6) is -2.17. The van der Waals surface area contributed by atoms with Crippen molar-refractivity contribution in [3.05, 3.63) is 106 Å². The van der Waals surface area contributed by atoms with Crippen molar-refractivity contribution in [2.24, 2.45) is 0 Å². The summed E-state index contributed by atoms with van der Waals surface area (Å²) in [7, 11) is 1.65. The lowest BCUT2D eigenvalue weighted by Crippen LogP contribution is -2.57. The minimum Gasteiger partial charge on any atom is -0.388 e. The number of carbonyl (C=O) groups excluding carboxylic acids is 1. The third-order valence-electron chi connectivity index (χ3n) is 10.3. The highest BCUT2D eigenvalue weighted by molar-refractivity contribution is 7.98. The van der Waals surface area contributed by atoms with Gasteiger partial charge in [0.25, 0.3) is 0 Å². The Labute approximate surface area is 309 Å². The molecule has 3 aromatic carbocycles. The molecule has 0 unspecified atom stereocenters. The zero-order chi connectivity index (χ0) is 37.8. The quantitative estimate of drug-likeness (QED) is 0.130. The van der Waals surface area contributed by atoms with E-state index in [4.69, 9.17) is 4.74 Å². The molecule has 0 radical (unpaired) electrons. The van der Waals surface area contributed by atoms with Crippen molar-refractivity contribution in [2.75, 3.05) is 57.9 Å². The van der Waals surface area contributed by atoms with Crippen molar-refractivity contribution in [2.45, 2.75) is 60.8 Å². The van der Waals surface area contributed by atoms with E-state index in [9.17, 15) is 36.6 Å². The number of thioether (sulfide) groups is 1. The number of aliphatic hydroxyl groups is 1. The van der Waals surface area contributed by atoms with E-state index in [2.05, 4.69) is 4.90 Å². The molecule has 3 heterocycles. The molecule has 2 aliphatic rings. The molecule has 14 heteroatoms. The van der Waals surface area contributed by atoms with Crippen molar-refractivity contribution in [3.8, 4) is 0 Å². The maximum absolute atomic E-state index is 14.6. The van der Waals surface area contributed by atoms with Crippen LogP contribution in [-0.2, 0) is 28.0 Å². The number of anilines is 1. The highest BCUT2D eigenvalue weighted by Crippen LogP contribution is 2.34. The summed E-state index contributed by atoms with van der Waals surface area (Å²) in [5.41, 5.74) is -0.960. The van der Waals surface area contributed by atoms with E-state index in [-0.39, 0.29) is 41.8 Å².